The Morgan fingerprint density at radius 2 is 1.93 bits per heavy atom. The highest BCUT2D eigenvalue weighted by molar-refractivity contribution is 7.86. The van der Waals surface area contributed by atoms with E-state index in [0.29, 0.717) is 32.6 Å². The molecule has 15 heavy (non-hydrogen) atoms. The van der Waals surface area contributed by atoms with E-state index in [1.54, 1.807) is 0 Å². The minimum absolute atomic E-state index is 0.0338. The quantitative estimate of drug-likeness (QED) is 0.708. The van der Waals surface area contributed by atoms with Gasteiger partial charge in [-0.25, -0.2) is 0 Å². The minimum atomic E-state index is -3.27. The standard InChI is InChI=1S/C9H20N2O3S/c1-2-10(8-5-9-12)15(13,14)11-6-3-4-7-11/h12H,2-9H2,1H3. The molecule has 0 aromatic carbocycles. The van der Waals surface area contributed by atoms with E-state index in [9.17, 15) is 8.42 Å². The lowest BCUT2D eigenvalue weighted by Gasteiger charge is -2.25. The van der Waals surface area contributed by atoms with Gasteiger partial charge in [-0.2, -0.15) is 17.0 Å². The summed E-state index contributed by atoms with van der Waals surface area (Å²) in [5.74, 6) is 0. The van der Waals surface area contributed by atoms with Crippen LogP contribution in [0.5, 0.6) is 0 Å². The van der Waals surface area contributed by atoms with E-state index < -0.39 is 10.2 Å². The Labute approximate surface area is 91.9 Å². The second-order valence-electron chi connectivity index (χ2n) is 3.68. The third-order valence-corrected chi connectivity index (χ3v) is 4.75. The van der Waals surface area contributed by atoms with Gasteiger partial charge in [-0.15, -0.1) is 0 Å². The molecule has 0 aliphatic carbocycles. The minimum Gasteiger partial charge on any atom is -0.396 e. The molecule has 6 heteroatoms. The van der Waals surface area contributed by atoms with Crippen LogP contribution in [0, 0.1) is 0 Å². The largest absolute Gasteiger partial charge is 0.396 e. The van der Waals surface area contributed by atoms with Crippen LogP contribution in [-0.2, 0) is 10.2 Å². The van der Waals surface area contributed by atoms with Gasteiger partial charge in [0.15, 0.2) is 0 Å². The van der Waals surface area contributed by atoms with Crippen LogP contribution in [0.15, 0.2) is 0 Å². The van der Waals surface area contributed by atoms with Crippen LogP contribution in [0.25, 0.3) is 0 Å². The predicted molar refractivity (Wildman–Crippen MR) is 58.7 cm³/mol. The summed E-state index contributed by atoms with van der Waals surface area (Å²) in [6.07, 6.45) is 2.41. The molecule has 0 spiro atoms. The van der Waals surface area contributed by atoms with E-state index in [0.717, 1.165) is 12.8 Å². The lowest BCUT2D eigenvalue weighted by Crippen LogP contribution is -2.42. The van der Waals surface area contributed by atoms with Gasteiger partial charge in [-0.1, -0.05) is 6.92 Å². The second-order valence-corrected chi connectivity index (χ2v) is 5.61. The van der Waals surface area contributed by atoms with Gasteiger partial charge in [0.1, 0.15) is 0 Å². The van der Waals surface area contributed by atoms with Crippen molar-refractivity contribution in [3.05, 3.63) is 0 Å². The van der Waals surface area contributed by atoms with Gasteiger partial charge >= 0.3 is 0 Å². The van der Waals surface area contributed by atoms with Crippen molar-refractivity contribution in [2.75, 3.05) is 32.8 Å². The van der Waals surface area contributed by atoms with Crippen molar-refractivity contribution in [3.63, 3.8) is 0 Å². The van der Waals surface area contributed by atoms with Crippen LogP contribution < -0.4 is 0 Å². The zero-order valence-corrected chi connectivity index (χ0v) is 10.0. The van der Waals surface area contributed by atoms with Crippen LogP contribution in [0.1, 0.15) is 26.2 Å². The van der Waals surface area contributed by atoms with Crippen molar-refractivity contribution in [2.45, 2.75) is 26.2 Å². The van der Waals surface area contributed by atoms with Crippen molar-refractivity contribution in [2.24, 2.45) is 0 Å². The SMILES string of the molecule is CCN(CCCO)S(=O)(=O)N1CCCC1. The summed E-state index contributed by atoms with van der Waals surface area (Å²) in [5, 5.41) is 8.71. The molecule has 0 unspecified atom stereocenters. The molecule has 1 aliphatic rings. The molecule has 0 atom stereocenters. The van der Waals surface area contributed by atoms with Crippen LogP contribution in [0.2, 0.25) is 0 Å². The van der Waals surface area contributed by atoms with Crippen LogP contribution in [0.4, 0.5) is 0 Å². The van der Waals surface area contributed by atoms with Crippen molar-refractivity contribution >= 4 is 10.2 Å². The lowest BCUT2D eigenvalue weighted by molar-refractivity contribution is 0.266. The molecule has 0 amide bonds. The van der Waals surface area contributed by atoms with Crippen LogP contribution in [-0.4, -0.2) is 54.9 Å². The number of nitrogens with zero attached hydrogens (tertiary/aromatic N) is 2. The van der Waals surface area contributed by atoms with Gasteiger partial charge in [-0.3, -0.25) is 0 Å². The fourth-order valence-corrected chi connectivity index (χ4v) is 3.50. The van der Waals surface area contributed by atoms with Gasteiger partial charge < -0.3 is 5.11 Å². The molecule has 0 aromatic heterocycles. The molecule has 90 valence electrons. The Balaban J connectivity index is 2.63. The maximum Gasteiger partial charge on any atom is 0.281 e. The monoisotopic (exact) mass is 236 g/mol. The molecule has 5 nitrogen and oxygen atoms in total. The second kappa shape index (κ2) is 5.79. The first-order valence-electron chi connectivity index (χ1n) is 5.49. The summed E-state index contributed by atoms with van der Waals surface area (Å²) in [6, 6.07) is 0. The molecule has 1 saturated heterocycles. The first-order valence-corrected chi connectivity index (χ1v) is 6.88. The molecule has 1 fully saturated rings. The Hall–Kier alpha value is -0.170. The number of aliphatic hydroxyl groups is 1. The highest BCUT2D eigenvalue weighted by Crippen LogP contribution is 2.16. The normalized spacial score (nSPS) is 18.9. The van der Waals surface area contributed by atoms with Crippen molar-refractivity contribution in [1.82, 2.24) is 8.61 Å². The van der Waals surface area contributed by atoms with Gasteiger partial charge in [-0.05, 0) is 19.3 Å². The highest BCUT2D eigenvalue weighted by atomic mass is 32.2. The smallest absolute Gasteiger partial charge is 0.281 e. The van der Waals surface area contributed by atoms with Crippen molar-refractivity contribution in [3.8, 4) is 0 Å². The summed E-state index contributed by atoms with van der Waals surface area (Å²) >= 11 is 0. The average Bonchev–Trinajstić information content (AvgIpc) is 2.72. The number of rotatable bonds is 6. The van der Waals surface area contributed by atoms with Crippen LogP contribution >= 0.6 is 0 Å². The van der Waals surface area contributed by atoms with Gasteiger partial charge in [0, 0.05) is 32.8 Å². The van der Waals surface area contributed by atoms with E-state index in [2.05, 4.69) is 0 Å². The molecule has 1 N–H and O–H groups in total. The molecular formula is C9H20N2O3S. The first-order chi connectivity index (χ1) is 7.12. The number of aliphatic hydroxyl groups excluding tert-OH is 1. The summed E-state index contributed by atoms with van der Waals surface area (Å²) in [7, 11) is -3.27. The van der Waals surface area contributed by atoms with E-state index in [1.807, 2.05) is 6.92 Å². The molecule has 0 aromatic rings. The Morgan fingerprint density at radius 3 is 2.40 bits per heavy atom. The number of hydrogen-bond acceptors (Lipinski definition) is 3. The van der Waals surface area contributed by atoms with Crippen LogP contribution in [0.3, 0.4) is 0 Å². The van der Waals surface area contributed by atoms with Gasteiger partial charge in [0.05, 0.1) is 0 Å². The van der Waals surface area contributed by atoms with Crippen molar-refractivity contribution < 1.29 is 13.5 Å². The maximum atomic E-state index is 12.0. The third-order valence-electron chi connectivity index (χ3n) is 2.64. The molecule has 1 aliphatic heterocycles. The van der Waals surface area contributed by atoms with E-state index in [4.69, 9.17) is 5.11 Å². The fourth-order valence-electron chi connectivity index (χ4n) is 1.77. The molecule has 0 bridgehead atoms. The zero-order valence-electron chi connectivity index (χ0n) is 9.22. The fraction of sp³-hybridized carbons (Fsp3) is 1.00. The lowest BCUT2D eigenvalue weighted by atomic mass is 10.4. The topological polar surface area (TPSA) is 60.9 Å². The van der Waals surface area contributed by atoms with E-state index >= 15 is 0 Å². The van der Waals surface area contributed by atoms with E-state index in [1.165, 1.54) is 8.61 Å². The molecule has 1 rings (SSSR count). The molecule has 0 radical (unpaired) electrons. The summed E-state index contributed by atoms with van der Waals surface area (Å²) < 4.78 is 27.1. The van der Waals surface area contributed by atoms with Crippen molar-refractivity contribution in [1.29, 1.82) is 0 Å². The average molecular weight is 236 g/mol. The third kappa shape index (κ3) is 3.14. The van der Waals surface area contributed by atoms with Gasteiger partial charge in [0.2, 0.25) is 0 Å². The Morgan fingerprint density at radius 1 is 1.33 bits per heavy atom. The number of hydrogen-bond donors (Lipinski definition) is 1. The first kappa shape index (κ1) is 12.9. The molecule has 1 heterocycles. The Bertz CT molecular complexity index is 273. The highest BCUT2D eigenvalue weighted by Gasteiger charge is 2.30. The maximum absolute atomic E-state index is 12.0. The summed E-state index contributed by atoms with van der Waals surface area (Å²) in [6.45, 7) is 4.01. The zero-order chi connectivity index (χ0) is 11.3. The van der Waals surface area contributed by atoms with E-state index in [-0.39, 0.29) is 6.61 Å². The molecule has 0 saturated carbocycles. The molecular weight excluding hydrogens is 216 g/mol. The van der Waals surface area contributed by atoms with Gasteiger partial charge in [0.25, 0.3) is 10.2 Å². The summed E-state index contributed by atoms with van der Waals surface area (Å²) in [5.41, 5.74) is 0. The predicted octanol–water partition coefficient (Wildman–Crippen LogP) is 0.0313. The Kier molecular flexibility index (Phi) is 4.98. The summed E-state index contributed by atoms with van der Waals surface area (Å²) in [4.78, 5) is 0.